The summed E-state index contributed by atoms with van der Waals surface area (Å²) in [6, 6.07) is 0. The molecule has 0 saturated heterocycles. The Morgan fingerprint density at radius 2 is 1.00 bits per heavy atom. The minimum Gasteiger partial charge on any atom is -0.197 e. The molecule has 0 fully saturated rings. The zero-order valence-electron chi connectivity index (χ0n) is 3.57. The molecule has 0 spiro atoms. The maximum Gasteiger partial charge on any atom is 0 e. The van der Waals surface area contributed by atoms with E-state index in [1.807, 2.05) is 0 Å². The summed E-state index contributed by atoms with van der Waals surface area (Å²) in [5.74, 6) is 0. The first-order chi connectivity index (χ1) is 0. The molecule has 0 aliphatic carbocycles. The molecule has 0 bridgehead atoms. The van der Waals surface area contributed by atoms with E-state index in [0.29, 0.717) is 0 Å². The maximum absolute atomic E-state index is 0. The molecule has 0 aromatic carbocycles. The van der Waals surface area contributed by atoms with E-state index in [4.69, 9.17) is 0 Å². The van der Waals surface area contributed by atoms with Crippen LogP contribution in [0, 0.1) is 0 Å². The van der Waals surface area contributed by atoms with Gasteiger partial charge in [-0.05, 0) is 0 Å². The van der Waals surface area contributed by atoms with Crippen molar-refractivity contribution in [3.05, 3.63) is 0 Å². The van der Waals surface area contributed by atoms with Crippen LogP contribution < -0.4 is 0 Å². The van der Waals surface area contributed by atoms with E-state index in [2.05, 4.69) is 0 Å². The minimum atomic E-state index is 0. The quantitative estimate of drug-likeness (QED) is 0.387. The Balaban J connectivity index is 0. The van der Waals surface area contributed by atoms with Gasteiger partial charge in [0.25, 0.3) is 0 Å². The zero-order chi connectivity index (χ0) is 0. The molecule has 0 aliphatic heterocycles. The van der Waals surface area contributed by atoms with E-state index >= 15 is 0 Å². The van der Waals surface area contributed by atoms with E-state index in [-0.39, 0.29) is 131 Å². The van der Waals surface area contributed by atoms with Gasteiger partial charge in [-0.1, -0.05) is 7.43 Å². The van der Waals surface area contributed by atoms with Crippen LogP contribution in [0.25, 0.3) is 0 Å². The van der Waals surface area contributed by atoms with E-state index < -0.39 is 0 Å². The predicted molar refractivity (Wildman–Crippen MR) is 34.0 cm³/mol. The molecular formula is CH9CrFeMnMoNiPSSi. The Bertz CT molecular complexity index is 28.5. The van der Waals surface area contributed by atoms with Crippen LogP contribution in [0.1, 0.15) is 7.43 Å². The minimum absolute atomic E-state index is 0. The van der Waals surface area contributed by atoms with Gasteiger partial charge in [0.15, 0.2) is 0 Å². The van der Waals surface area contributed by atoms with Gasteiger partial charge >= 0.3 is 0 Å². The summed E-state index contributed by atoms with van der Waals surface area (Å²) in [5.41, 5.74) is 0. The van der Waals surface area contributed by atoms with Gasteiger partial charge in [0.05, 0.1) is 0 Å². The fourth-order valence-electron chi connectivity index (χ4n) is 0. The van der Waals surface area contributed by atoms with Crippen molar-refractivity contribution in [2.24, 2.45) is 0 Å². The average molecular weight is 430 g/mol. The molecule has 1 unspecified atom stereocenters. The molecule has 0 amide bonds. The van der Waals surface area contributed by atoms with Crippen molar-refractivity contribution in [3.63, 3.8) is 0 Å². The van der Waals surface area contributed by atoms with Gasteiger partial charge in [-0.25, -0.2) is 0 Å². The first-order valence-electron chi connectivity index (χ1n) is 0. The van der Waals surface area contributed by atoms with Crippen LogP contribution in [0.5, 0.6) is 0 Å². The van der Waals surface area contributed by atoms with Crippen molar-refractivity contribution in [2.75, 3.05) is 0 Å². The first kappa shape index (κ1) is 125. The molecule has 9 heavy (non-hydrogen) atoms. The smallest absolute Gasteiger partial charge is 0 e. The van der Waals surface area contributed by atoms with Crippen molar-refractivity contribution in [1.29, 1.82) is 0 Å². The summed E-state index contributed by atoms with van der Waals surface area (Å²) in [4.78, 5) is 0. The molecule has 0 aliphatic rings. The van der Waals surface area contributed by atoms with Crippen LogP contribution in [-0.2, 0) is 89.1 Å². The molecule has 1 atom stereocenters. The Labute approximate surface area is 129 Å². The summed E-state index contributed by atoms with van der Waals surface area (Å²) in [5, 5.41) is 0. The number of hydrogen-bond acceptors (Lipinski definition) is 0. The van der Waals surface area contributed by atoms with Crippen LogP contribution in [0.2, 0.25) is 0 Å². The predicted octanol–water partition coefficient (Wildman–Crippen LogP) is 0.414. The molecule has 0 rings (SSSR count). The second-order valence-corrected chi connectivity index (χ2v) is 0. The van der Waals surface area contributed by atoms with Gasteiger partial charge in [0, 0.05) is 100 Å². The second kappa shape index (κ2) is 96.6. The van der Waals surface area contributed by atoms with Gasteiger partial charge in [0.2, 0.25) is 0 Å². The molecule has 65 valence electrons. The van der Waals surface area contributed by atoms with Gasteiger partial charge in [0.1, 0.15) is 0 Å². The summed E-state index contributed by atoms with van der Waals surface area (Å²) in [6.07, 6.45) is 0. The van der Waals surface area contributed by atoms with Crippen molar-refractivity contribution in [1.82, 2.24) is 0 Å². The molecule has 8 heteroatoms. The van der Waals surface area contributed by atoms with Crippen LogP contribution in [0.4, 0.5) is 0 Å². The van der Waals surface area contributed by atoms with Crippen molar-refractivity contribution < 1.29 is 89.1 Å². The molecular weight excluding hydrogens is 421 g/mol. The number of rotatable bonds is 0. The van der Waals surface area contributed by atoms with Gasteiger partial charge in [-0.15, -0.1) is 0 Å². The maximum atomic E-state index is 0. The normalized spacial score (nSPS) is 0. The van der Waals surface area contributed by atoms with Gasteiger partial charge in [-0.2, -0.15) is 23.4 Å². The summed E-state index contributed by atoms with van der Waals surface area (Å²) < 4.78 is 0. The Hall–Kier alpha value is 3.75. The molecule has 0 N–H and O–H groups in total. The Kier molecular flexibility index (Phi) is 1340. The molecule has 5 radical (unpaired) electrons. The molecule has 0 aromatic rings. The number of hydrogen-bond donors (Lipinski definition) is 0. The van der Waals surface area contributed by atoms with Crippen LogP contribution >= 0.6 is 23.4 Å². The second-order valence-electron chi connectivity index (χ2n) is 0. The van der Waals surface area contributed by atoms with E-state index in [1.54, 1.807) is 0 Å². The SMILES string of the molecule is C.P.S.[Cr].[Fe].[Mn].[Mo].[Ni].[Si]. The largest absolute Gasteiger partial charge is 0.197 e. The molecule has 0 aromatic heterocycles. The van der Waals surface area contributed by atoms with Gasteiger partial charge in [-0.3, -0.25) is 0 Å². The topological polar surface area (TPSA) is 0 Å². The van der Waals surface area contributed by atoms with E-state index in [9.17, 15) is 0 Å². The monoisotopic (exact) mass is 431 g/mol. The van der Waals surface area contributed by atoms with Crippen LogP contribution in [-0.4, -0.2) is 11.0 Å². The fraction of sp³-hybridized carbons (Fsp3) is 1.00. The van der Waals surface area contributed by atoms with E-state index in [0.717, 1.165) is 0 Å². The van der Waals surface area contributed by atoms with E-state index in [1.165, 1.54) is 0 Å². The summed E-state index contributed by atoms with van der Waals surface area (Å²) >= 11 is 0. The average Bonchev–Trinajstić information content (AvgIpc) is 0. The third-order valence-electron chi connectivity index (χ3n) is 0. The molecule has 0 heterocycles. The summed E-state index contributed by atoms with van der Waals surface area (Å²) in [6.45, 7) is 0. The van der Waals surface area contributed by atoms with Crippen molar-refractivity contribution >= 4 is 34.4 Å². The van der Waals surface area contributed by atoms with Crippen molar-refractivity contribution in [2.45, 2.75) is 7.43 Å². The third kappa shape index (κ3) is 79.4. The molecule has 0 saturated carbocycles. The summed E-state index contributed by atoms with van der Waals surface area (Å²) in [7, 11) is 0. The van der Waals surface area contributed by atoms with Crippen LogP contribution in [0.15, 0.2) is 0 Å². The Morgan fingerprint density at radius 3 is 1.00 bits per heavy atom. The fourth-order valence-corrected chi connectivity index (χ4v) is 0. The third-order valence-corrected chi connectivity index (χ3v) is 0. The Morgan fingerprint density at radius 1 is 1.00 bits per heavy atom. The van der Waals surface area contributed by atoms with Gasteiger partial charge < -0.3 is 0 Å². The van der Waals surface area contributed by atoms with Crippen LogP contribution in [0.3, 0.4) is 0 Å². The first-order valence-corrected chi connectivity index (χ1v) is 0. The standard InChI is InChI=1S/CH4.Cr.Fe.Mn.Mo.Ni.H3P.H2S.Si/h1H4;;;;;;1H3;1H2;. The zero-order valence-corrected chi connectivity index (χ0v) is 13.5. The van der Waals surface area contributed by atoms with Crippen molar-refractivity contribution in [3.8, 4) is 0 Å². The molecule has 0 nitrogen and oxygen atoms in total.